The highest BCUT2D eigenvalue weighted by molar-refractivity contribution is 7.26. The van der Waals surface area contributed by atoms with E-state index < -0.39 is 0 Å². The highest BCUT2D eigenvalue weighted by Crippen LogP contribution is 2.57. The third-order valence-electron chi connectivity index (χ3n) is 20.2. The fourth-order valence-corrected chi connectivity index (χ4v) is 17.2. The summed E-state index contributed by atoms with van der Waals surface area (Å²) in [6.07, 6.45) is 0. The molecule has 0 N–H and O–H groups in total. The van der Waals surface area contributed by atoms with Gasteiger partial charge in [0.05, 0.1) is 5.69 Å². The molecule has 0 atom stereocenters. The number of hydrogen-bond acceptors (Lipinski definition) is 3. The molecule has 0 bridgehead atoms. The van der Waals surface area contributed by atoms with Gasteiger partial charge in [0.25, 0.3) is 6.71 Å². The van der Waals surface area contributed by atoms with Gasteiger partial charge in [-0.05, 0) is 150 Å². The van der Waals surface area contributed by atoms with Crippen molar-refractivity contribution in [1.82, 2.24) is 0 Å². The number of hydrogen-bond donors (Lipinski definition) is 0. The van der Waals surface area contributed by atoms with Gasteiger partial charge in [0.2, 0.25) is 0 Å². The van der Waals surface area contributed by atoms with Gasteiger partial charge >= 0.3 is 0 Å². The summed E-state index contributed by atoms with van der Waals surface area (Å²) < 4.78 is 2.63. The molecule has 4 heteroatoms. The van der Waals surface area contributed by atoms with Gasteiger partial charge in [-0.25, -0.2) is 0 Å². The third kappa shape index (κ3) is 5.93. The first-order valence-corrected chi connectivity index (χ1v) is 28.9. The van der Waals surface area contributed by atoms with E-state index >= 15 is 0 Å². The standard InChI is InChI=1S/C73H67BN2S/c1-42-35-62-67-63(36-42)76(59-30-22-32-65-66(59)44-23-14-21-31-64(44)77-65)61-41-56-54(71(8,9)48-27-18-20-29-50(48)73(56,12)13)39-58(61)74(67)57-38-53-55(72(10,11)49-28-19-17-26-47(49)70(53,6)7)40-60(57)75(62)43-33-34-51-52(37-43)69(4,5)46-25-16-15-24-45(46)68(51,2)3/h14-41H,1-13H3. The molecular formula is C73H67BN2S. The summed E-state index contributed by atoms with van der Waals surface area (Å²) >= 11 is 1.91. The first-order valence-electron chi connectivity index (χ1n) is 28.1. The lowest BCUT2D eigenvalue weighted by atomic mass is 9.32. The smallest absolute Gasteiger partial charge is 0.252 e. The Labute approximate surface area is 460 Å². The lowest BCUT2D eigenvalue weighted by molar-refractivity contribution is 0.520. The number of anilines is 6. The van der Waals surface area contributed by atoms with Crippen LogP contribution in [0, 0.1) is 6.92 Å². The Hall–Kier alpha value is -7.14. The van der Waals surface area contributed by atoms with E-state index in [1.807, 2.05) is 11.3 Å². The predicted octanol–water partition coefficient (Wildman–Crippen LogP) is 17.3. The summed E-state index contributed by atoms with van der Waals surface area (Å²) in [4.78, 5) is 5.42. The van der Waals surface area contributed by atoms with E-state index in [0.29, 0.717) is 0 Å². The molecule has 5 aliphatic rings. The number of benzene rings is 9. The van der Waals surface area contributed by atoms with Crippen LogP contribution in [-0.4, -0.2) is 6.71 Å². The summed E-state index contributed by atoms with van der Waals surface area (Å²) in [7, 11) is 0. The van der Waals surface area contributed by atoms with Crippen LogP contribution in [0.3, 0.4) is 0 Å². The van der Waals surface area contributed by atoms with Crippen LogP contribution in [0.5, 0.6) is 0 Å². The second kappa shape index (κ2) is 15.1. The van der Waals surface area contributed by atoms with Gasteiger partial charge in [0.1, 0.15) is 0 Å². The van der Waals surface area contributed by atoms with Crippen molar-refractivity contribution in [1.29, 1.82) is 0 Å². The van der Waals surface area contributed by atoms with Crippen LogP contribution in [-0.2, 0) is 32.5 Å². The van der Waals surface area contributed by atoms with Crippen LogP contribution in [0.1, 0.15) is 155 Å². The molecule has 0 unspecified atom stereocenters. The molecule has 2 aliphatic heterocycles. The zero-order valence-corrected chi connectivity index (χ0v) is 47.9. The van der Waals surface area contributed by atoms with Crippen molar-refractivity contribution in [3.8, 4) is 0 Å². The van der Waals surface area contributed by atoms with Crippen LogP contribution >= 0.6 is 11.3 Å². The van der Waals surface area contributed by atoms with E-state index in [9.17, 15) is 0 Å². The number of nitrogens with zero attached hydrogens (tertiary/aromatic N) is 2. The Morgan fingerprint density at radius 3 is 1.22 bits per heavy atom. The van der Waals surface area contributed by atoms with Crippen molar-refractivity contribution in [3.05, 3.63) is 242 Å². The maximum atomic E-state index is 2.71. The summed E-state index contributed by atoms with van der Waals surface area (Å²) in [5.41, 5.74) is 28.6. The van der Waals surface area contributed by atoms with Gasteiger partial charge in [-0.1, -0.05) is 198 Å². The van der Waals surface area contributed by atoms with Gasteiger partial charge in [-0.2, -0.15) is 0 Å². The van der Waals surface area contributed by atoms with Gasteiger partial charge in [-0.15, -0.1) is 11.3 Å². The number of rotatable bonds is 2. The zero-order chi connectivity index (χ0) is 53.2. The van der Waals surface area contributed by atoms with Crippen LogP contribution in [0.2, 0.25) is 0 Å². The molecule has 0 saturated heterocycles. The van der Waals surface area contributed by atoms with Crippen molar-refractivity contribution >= 4 is 88.7 Å². The minimum Gasteiger partial charge on any atom is -0.311 e. The maximum Gasteiger partial charge on any atom is 0.252 e. The molecule has 3 aliphatic carbocycles. The second-order valence-corrected chi connectivity index (χ2v) is 27.7. The number of fused-ring (bicyclic) bond motifs is 13. The van der Waals surface area contributed by atoms with Crippen molar-refractivity contribution in [2.75, 3.05) is 9.80 Å². The minimum atomic E-state index is -0.239. The minimum absolute atomic E-state index is 0.0563. The normalized spacial score (nSPS) is 18.5. The summed E-state index contributed by atoms with van der Waals surface area (Å²) in [6, 6.07) is 67.1. The largest absolute Gasteiger partial charge is 0.311 e. The van der Waals surface area contributed by atoms with E-state index in [-0.39, 0.29) is 39.2 Å². The quantitative estimate of drug-likeness (QED) is 0.159. The first kappa shape index (κ1) is 47.1. The van der Waals surface area contributed by atoms with Gasteiger partial charge < -0.3 is 9.80 Å². The number of aryl methyl sites for hydroxylation is 1. The molecule has 0 radical (unpaired) electrons. The van der Waals surface area contributed by atoms with Gasteiger partial charge in [-0.3, -0.25) is 0 Å². The fraction of sp³-hybridized carbons (Fsp3) is 0.260. The van der Waals surface area contributed by atoms with E-state index in [1.165, 1.54) is 143 Å². The lowest BCUT2D eigenvalue weighted by Crippen LogP contribution is -2.62. The third-order valence-corrected chi connectivity index (χ3v) is 21.4. The van der Waals surface area contributed by atoms with Gasteiger partial charge in [0.15, 0.2) is 0 Å². The summed E-state index contributed by atoms with van der Waals surface area (Å²) in [5.74, 6) is 0. The average Bonchev–Trinajstić information content (AvgIpc) is 3.90. The highest BCUT2D eigenvalue weighted by Gasteiger charge is 2.51. The highest BCUT2D eigenvalue weighted by atomic mass is 32.1. The zero-order valence-electron chi connectivity index (χ0n) is 47.0. The van der Waals surface area contributed by atoms with E-state index in [1.54, 1.807) is 0 Å². The molecule has 0 fully saturated rings. The predicted molar refractivity (Wildman–Crippen MR) is 330 cm³/mol. The SMILES string of the molecule is Cc1cc2c3c(c1)N(c1cccc4sc5ccccc5c14)c1cc4c(cc1B3c1cc3c(cc1N2c1ccc2c(c1)C(C)(C)c1ccccc1C2(C)C)C(C)(C)c1ccccc1C3(C)C)C(C)(C)c1ccccc1C4(C)C. The van der Waals surface area contributed by atoms with Crippen LogP contribution in [0.15, 0.2) is 170 Å². The summed E-state index contributed by atoms with van der Waals surface area (Å²) in [6.45, 7) is 31.8. The molecule has 15 rings (SSSR count). The molecule has 10 aromatic rings. The Morgan fingerprint density at radius 2 is 0.714 bits per heavy atom. The molecular weight excluding hydrogens is 948 g/mol. The van der Waals surface area contributed by atoms with E-state index in [4.69, 9.17) is 0 Å². The topological polar surface area (TPSA) is 6.48 Å². The van der Waals surface area contributed by atoms with Crippen LogP contribution in [0.25, 0.3) is 20.2 Å². The summed E-state index contributed by atoms with van der Waals surface area (Å²) in [5, 5.41) is 2.63. The lowest BCUT2D eigenvalue weighted by Gasteiger charge is -2.50. The molecule has 0 spiro atoms. The second-order valence-electron chi connectivity index (χ2n) is 26.6. The number of thiophene rings is 1. The Morgan fingerprint density at radius 1 is 0.325 bits per heavy atom. The van der Waals surface area contributed by atoms with E-state index in [0.717, 1.165) is 0 Å². The van der Waals surface area contributed by atoms with Crippen molar-refractivity contribution in [3.63, 3.8) is 0 Å². The van der Waals surface area contributed by atoms with Crippen LogP contribution in [0.4, 0.5) is 34.1 Å². The molecule has 378 valence electrons. The molecule has 0 saturated carbocycles. The monoisotopic (exact) mass is 1010 g/mol. The van der Waals surface area contributed by atoms with Crippen molar-refractivity contribution in [2.24, 2.45) is 0 Å². The molecule has 1 aromatic heterocycles. The van der Waals surface area contributed by atoms with E-state index in [2.05, 4.69) is 270 Å². The Balaban J connectivity index is 1.09. The maximum absolute atomic E-state index is 2.71. The molecule has 3 heterocycles. The first-order chi connectivity index (χ1) is 36.6. The van der Waals surface area contributed by atoms with Crippen molar-refractivity contribution in [2.45, 2.75) is 122 Å². The van der Waals surface area contributed by atoms with Crippen LogP contribution < -0.4 is 26.2 Å². The molecule has 2 nitrogen and oxygen atoms in total. The molecule has 9 aromatic carbocycles. The van der Waals surface area contributed by atoms with Gasteiger partial charge in [0, 0.05) is 81.1 Å². The fourth-order valence-electron chi connectivity index (χ4n) is 16.1. The Kier molecular flexibility index (Phi) is 9.25. The van der Waals surface area contributed by atoms with Crippen molar-refractivity contribution < 1.29 is 0 Å². The molecule has 77 heavy (non-hydrogen) atoms. The Bertz CT molecular complexity index is 4270. The molecule has 0 amide bonds. The average molecular weight is 1020 g/mol.